The Morgan fingerprint density at radius 3 is 2.68 bits per heavy atom. The second kappa shape index (κ2) is 7.44. The lowest BCUT2D eigenvalue weighted by Gasteiger charge is -2.20. The van der Waals surface area contributed by atoms with Crippen LogP contribution in [0, 0.1) is 5.82 Å². The zero-order valence-electron chi connectivity index (χ0n) is 16.3. The van der Waals surface area contributed by atoms with E-state index in [2.05, 4.69) is 20.3 Å². The third-order valence-corrected chi connectivity index (χ3v) is 5.88. The highest BCUT2D eigenvalue weighted by Gasteiger charge is 2.32. The molecule has 2 amide bonds. The van der Waals surface area contributed by atoms with Gasteiger partial charge in [-0.2, -0.15) is 0 Å². The van der Waals surface area contributed by atoms with Crippen molar-refractivity contribution in [3.05, 3.63) is 82.7 Å². The van der Waals surface area contributed by atoms with Crippen molar-refractivity contribution in [3.8, 4) is 0 Å². The van der Waals surface area contributed by atoms with Gasteiger partial charge in [0.15, 0.2) is 0 Å². The number of hydrogen-bond acceptors (Lipinski definition) is 5. The molecular formula is C22H16FN5O2S. The van der Waals surface area contributed by atoms with E-state index in [9.17, 15) is 14.0 Å². The van der Waals surface area contributed by atoms with Gasteiger partial charge >= 0.3 is 0 Å². The molecule has 0 aliphatic carbocycles. The van der Waals surface area contributed by atoms with Crippen molar-refractivity contribution >= 4 is 44.9 Å². The van der Waals surface area contributed by atoms with Crippen LogP contribution in [-0.4, -0.2) is 40.7 Å². The van der Waals surface area contributed by atoms with Gasteiger partial charge in [0, 0.05) is 18.2 Å². The van der Waals surface area contributed by atoms with Gasteiger partial charge in [-0.15, -0.1) is 11.3 Å². The first-order chi connectivity index (χ1) is 15.0. The van der Waals surface area contributed by atoms with Crippen LogP contribution in [0.15, 0.2) is 65.1 Å². The fourth-order valence-corrected chi connectivity index (χ4v) is 4.23. The van der Waals surface area contributed by atoms with Gasteiger partial charge in [0.1, 0.15) is 17.2 Å². The van der Waals surface area contributed by atoms with E-state index in [1.807, 2.05) is 0 Å². The monoisotopic (exact) mass is 433 g/mol. The van der Waals surface area contributed by atoms with Crippen molar-refractivity contribution < 1.29 is 14.0 Å². The number of benzene rings is 2. The van der Waals surface area contributed by atoms with Crippen LogP contribution in [0.1, 0.15) is 21.6 Å². The minimum atomic E-state index is -1.23. The van der Waals surface area contributed by atoms with Gasteiger partial charge in [-0.1, -0.05) is 30.3 Å². The number of aromatic amines is 1. The summed E-state index contributed by atoms with van der Waals surface area (Å²) < 4.78 is 15.5. The molecule has 0 fully saturated rings. The Kier molecular flexibility index (Phi) is 4.59. The third kappa shape index (κ3) is 3.28. The lowest BCUT2D eigenvalue weighted by Crippen LogP contribution is -2.46. The maximum absolute atomic E-state index is 14.7. The highest BCUT2D eigenvalue weighted by atomic mass is 32.1. The number of rotatable bonds is 3. The smallest absolute Gasteiger partial charge is 0.272 e. The van der Waals surface area contributed by atoms with Gasteiger partial charge in [0.25, 0.3) is 11.8 Å². The lowest BCUT2D eigenvalue weighted by molar-refractivity contribution is -0.119. The molecule has 7 nitrogen and oxygen atoms in total. The molecule has 9 heteroatoms. The predicted molar refractivity (Wildman–Crippen MR) is 117 cm³/mol. The van der Waals surface area contributed by atoms with E-state index < -0.39 is 23.8 Å². The molecule has 0 saturated carbocycles. The molecule has 2 aromatic heterocycles. The minimum Gasteiger partial charge on any atom is -0.334 e. The third-order valence-electron chi connectivity index (χ3n) is 5.11. The molecule has 0 radical (unpaired) electrons. The molecule has 2 N–H and O–H groups in total. The Bertz CT molecular complexity index is 1330. The SMILES string of the molecule is CN1C(=O)C(NC(=O)c2cc3scnc3[nH]2)N=C(c2ccccc2F)c2ccccc21. The number of para-hydroxylation sites is 1. The summed E-state index contributed by atoms with van der Waals surface area (Å²) in [6.45, 7) is 0. The number of thiazole rings is 1. The van der Waals surface area contributed by atoms with Crippen molar-refractivity contribution in [2.75, 3.05) is 11.9 Å². The van der Waals surface area contributed by atoms with Crippen LogP contribution in [0.5, 0.6) is 0 Å². The van der Waals surface area contributed by atoms with Crippen LogP contribution in [0.3, 0.4) is 0 Å². The van der Waals surface area contributed by atoms with E-state index in [0.717, 1.165) is 4.70 Å². The van der Waals surface area contributed by atoms with Gasteiger partial charge in [0.2, 0.25) is 6.17 Å². The summed E-state index contributed by atoms with van der Waals surface area (Å²) in [5.74, 6) is -1.40. The van der Waals surface area contributed by atoms with Crippen molar-refractivity contribution in [2.45, 2.75) is 6.17 Å². The normalized spacial score (nSPS) is 16.1. The summed E-state index contributed by atoms with van der Waals surface area (Å²) in [6, 6.07) is 15.0. The largest absolute Gasteiger partial charge is 0.334 e. The Morgan fingerprint density at radius 1 is 1.16 bits per heavy atom. The van der Waals surface area contributed by atoms with E-state index in [1.54, 1.807) is 61.1 Å². The van der Waals surface area contributed by atoms with E-state index in [0.29, 0.717) is 22.6 Å². The Balaban J connectivity index is 1.59. The number of hydrogen-bond donors (Lipinski definition) is 2. The van der Waals surface area contributed by atoms with Gasteiger partial charge in [-0.3, -0.25) is 9.59 Å². The fourth-order valence-electron chi connectivity index (χ4n) is 3.55. The summed E-state index contributed by atoms with van der Waals surface area (Å²) in [6.07, 6.45) is -1.23. The number of H-pyrrole nitrogens is 1. The molecule has 0 saturated heterocycles. The molecule has 4 aromatic rings. The number of fused-ring (bicyclic) bond motifs is 2. The molecule has 5 rings (SSSR count). The van der Waals surface area contributed by atoms with Crippen molar-refractivity contribution in [3.63, 3.8) is 0 Å². The minimum absolute atomic E-state index is 0.252. The summed E-state index contributed by atoms with van der Waals surface area (Å²) >= 11 is 1.40. The van der Waals surface area contributed by atoms with Crippen molar-refractivity contribution in [1.82, 2.24) is 15.3 Å². The number of aromatic nitrogens is 2. The summed E-state index contributed by atoms with van der Waals surface area (Å²) in [4.78, 5) is 39.0. The van der Waals surface area contributed by atoms with Crippen LogP contribution in [0.4, 0.5) is 10.1 Å². The Labute approximate surface area is 180 Å². The van der Waals surface area contributed by atoms with Gasteiger partial charge < -0.3 is 15.2 Å². The molecule has 2 aromatic carbocycles. The molecule has 0 bridgehead atoms. The van der Waals surface area contributed by atoms with Crippen molar-refractivity contribution in [2.24, 2.45) is 4.99 Å². The maximum atomic E-state index is 14.7. The Morgan fingerprint density at radius 2 is 1.90 bits per heavy atom. The predicted octanol–water partition coefficient (Wildman–Crippen LogP) is 3.33. The first-order valence-corrected chi connectivity index (χ1v) is 10.3. The van der Waals surface area contributed by atoms with Crippen molar-refractivity contribution in [1.29, 1.82) is 0 Å². The molecule has 0 spiro atoms. The van der Waals surface area contributed by atoms with Crippen LogP contribution in [-0.2, 0) is 4.79 Å². The number of benzodiazepines with no additional fused rings is 1. The highest BCUT2D eigenvalue weighted by Crippen LogP contribution is 2.28. The van der Waals surface area contributed by atoms with E-state index >= 15 is 0 Å². The topological polar surface area (TPSA) is 90.5 Å². The van der Waals surface area contributed by atoms with Crippen LogP contribution < -0.4 is 10.2 Å². The van der Waals surface area contributed by atoms with Gasteiger partial charge in [-0.05, 0) is 24.3 Å². The number of amides is 2. The maximum Gasteiger partial charge on any atom is 0.272 e. The zero-order chi connectivity index (χ0) is 21.5. The average molecular weight is 433 g/mol. The number of nitrogens with zero attached hydrogens (tertiary/aromatic N) is 3. The van der Waals surface area contributed by atoms with Crippen LogP contribution >= 0.6 is 11.3 Å². The number of carbonyl (C=O) groups excluding carboxylic acids is 2. The van der Waals surface area contributed by atoms with Gasteiger partial charge in [0.05, 0.1) is 21.6 Å². The highest BCUT2D eigenvalue weighted by molar-refractivity contribution is 7.16. The standard InChI is InChI=1S/C22H16FN5O2S/c1-28-16-9-5-3-7-13(16)18(12-6-2-4-8-14(12)23)26-20(22(28)30)27-21(29)15-10-17-19(25-15)24-11-31-17/h2-11,20,25H,1H3,(H,27,29). The van der Waals surface area contributed by atoms with Crippen LogP contribution in [0.2, 0.25) is 0 Å². The van der Waals surface area contributed by atoms with Crippen LogP contribution in [0.25, 0.3) is 10.3 Å². The molecule has 3 heterocycles. The number of carbonyl (C=O) groups is 2. The number of anilines is 1. The number of nitrogens with one attached hydrogen (secondary N) is 2. The summed E-state index contributed by atoms with van der Waals surface area (Å²) in [5.41, 5.74) is 4.28. The molecule has 154 valence electrons. The molecule has 1 aliphatic rings. The Hall–Kier alpha value is -3.85. The molecule has 1 unspecified atom stereocenters. The molecular weight excluding hydrogens is 417 g/mol. The summed E-state index contributed by atoms with van der Waals surface area (Å²) in [5, 5.41) is 2.67. The second-order valence-electron chi connectivity index (χ2n) is 7.00. The summed E-state index contributed by atoms with van der Waals surface area (Å²) in [7, 11) is 1.61. The van der Waals surface area contributed by atoms with E-state index in [4.69, 9.17) is 0 Å². The first-order valence-electron chi connectivity index (χ1n) is 9.45. The second-order valence-corrected chi connectivity index (χ2v) is 7.88. The molecule has 1 aliphatic heterocycles. The fraction of sp³-hybridized carbons (Fsp3) is 0.0909. The average Bonchev–Trinajstić information content (AvgIpc) is 3.36. The van der Waals surface area contributed by atoms with E-state index in [1.165, 1.54) is 22.3 Å². The lowest BCUT2D eigenvalue weighted by atomic mass is 10.00. The quantitative estimate of drug-likeness (QED) is 0.519. The first kappa shape index (κ1) is 19.1. The zero-order valence-corrected chi connectivity index (χ0v) is 17.1. The number of halogens is 1. The number of likely N-dealkylation sites (N-methyl/N-ethyl adjacent to an activating group) is 1. The van der Waals surface area contributed by atoms with Gasteiger partial charge in [-0.25, -0.2) is 14.4 Å². The number of aliphatic imine (C=N–C) groups is 1. The molecule has 1 atom stereocenters. The molecule has 31 heavy (non-hydrogen) atoms. The van der Waals surface area contributed by atoms with E-state index in [-0.39, 0.29) is 11.3 Å².